The third-order valence-corrected chi connectivity index (χ3v) is 8.27. The number of benzene rings is 1. The summed E-state index contributed by atoms with van der Waals surface area (Å²) in [6.07, 6.45) is 0. The van der Waals surface area contributed by atoms with E-state index >= 15 is 0 Å². The molecular weight excluding hydrogens is 589 g/mol. The lowest BCUT2D eigenvalue weighted by Crippen LogP contribution is -2.21. The van der Waals surface area contributed by atoms with Crippen LogP contribution in [-0.4, -0.2) is 19.9 Å². The van der Waals surface area contributed by atoms with Gasteiger partial charge in [0.25, 0.3) is 0 Å². The van der Waals surface area contributed by atoms with Gasteiger partial charge in [-0.25, -0.2) is 19.9 Å². The van der Waals surface area contributed by atoms with E-state index in [1.165, 1.54) is 0 Å². The zero-order chi connectivity index (χ0) is 35.1. The molecule has 0 N–H and O–H groups in total. The lowest BCUT2D eigenvalue weighted by atomic mass is 9.91. The molecule has 0 radical (unpaired) electrons. The molecule has 4 aromatic heterocycles. The zero-order valence-corrected chi connectivity index (χ0v) is 30.9. The summed E-state index contributed by atoms with van der Waals surface area (Å²) in [6, 6.07) is 33.5. The van der Waals surface area contributed by atoms with Crippen LogP contribution in [0.2, 0.25) is 0 Å². The number of pyridine rings is 4. The fourth-order valence-corrected chi connectivity index (χ4v) is 5.40. The second kappa shape index (κ2) is 12.8. The molecule has 0 spiro atoms. The first-order valence-electron chi connectivity index (χ1n) is 16.9. The van der Waals surface area contributed by atoms with E-state index < -0.39 is 0 Å². The number of anilines is 6. The predicted octanol–water partition coefficient (Wildman–Crippen LogP) is 11.4. The molecule has 0 aliphatic heterocycles. The molecule has 0 saturated heterocycles. The van der Waals surface area contributed by atoms with Crippen molar-refractivity contribution in [2.45, 2.75) is 105 Å². The van der Waals surface area contributed by atoms with Crippen molar-refractivity contribution in [3.8, 4) is 0 Å². The number of rotatable bonds is 6. The van der Waals surface area contributed by atoms with Crippen LogP contribution in [0.5, 0.6) is 0 Å². The second-order valence-electron chi connectivity index (χ2n) is 16.7. The monoisotopic (exact) mass is 640 g/mol. The van der Waals surface area contributed by atoms with E-state index in [9.17, 15) is 0 Å². The minimum Gasteiger partial charge on any atom is -0.279 e. The highest BCUT2D eigenvalue weighted by Gasteiger charge is 2.26. The van der Waals surface area contributed by atoms with Gasteiger partial charge >= 0.3 is 0 Å². The fourth-order valence-electron chi connectivity index (χ4n) is 5.40. The Morgan fingerprint density at radius 3 is 0.792 bits per heavy atom. The maximum absolute atomic E-state index is 5.20. The maximum atomic E-state index is 5.20. The van der Waals surface area contributed by atoms with E-state index in [1.807, 2.05) is 0 Å². The van der Waals surface area contributed by atoms with Gasteiger partial charge < -0.3 is 0 Å². The maximum Gasteiger partial charge on any atom is 0.139 e. The zero-order valence-electron chi connectivity index (χ0n) is 30.9. The smallest absolute Gasteiger partial charge is 0.139 e. The molecule has 250 valence electrons. The Bertz CT molecular complexity index is 1630. The lowest BCUT2D eigenvalue weighted by molar-refractivity contribution is 0.567. The number of hydrogen-bond donors (Lipinski definition) is 0. The van der Waals surface area contributed by atoms with E-state index in [0.29, 0.717) is 0 Å². The van der Waals surface area contributed by atoms with E-state index in [1.54, 1.807) is 0 Å². The SMILES string of the molecule is CC(C)(C)c1cccc(N(c2cccc(N(c3cccc(C(C)(C)C)n3)c3cccc(C(C)(C)C)n3)c2)c2cccc(C(C)(C)C)n2)n1. The number of nitrogens with zero attached hydrogens (tertiary/aromatic N) is 6. The molecular formula is C42H52N6. The number of aromatic nitrogens is 4. The minimum atomic E-state index is -0.117. The molecule has 0 saturated carbocycles. The van der Waals surface area contributed by atoms with E-state index in [4.69, 9.17) is 19.9 Å². The standard InChI is InChI=1S/C42H52N6/c1-39(2,3)31-20-14-24-35(43-31)47(36-25-15-21-32(44-36)40(4,5)6)29-18-13-19-30(28-29)48(37-26-16-22-33(45-37)41(7,8)9)38-27-17-23-34(46-38)42(10,11)12/h13-28H,1-12H3. The van der Waals surface area contributed by atoms with Crippen LogP contribution in [-0.2, 0) is 21.7 Å². The van der Waals surface area contributed by atoms with Crippen LogP contribution in [0.1, 0.15) is 106 Å². The molecule has 0 aliphatic rings. The van der Waals surface area contributed by atoms with Crippen molar-refractivity contribution in [3.63, 3.8) is 0 Å². The highest BCUT2D eigenvalue weighted by molar-refractivity contribution is 5.79. The average Bonchev–Trinajstić information content (AvgIpc) is 3.01. The topological polar surface area (TPSA) is 58.0 Å². The van der Waals surface area contributed by atoms with E-state index in [2.05, 4.69) is 190 Å². The lowest BCUT2D eigenvalue weighted by Gasteiger charge is -2.30. The summed E-state index contributed by atoms with van der Waals surface area (Å²) >= 11 is 0. The fraction of sp³-hybridized carbons (Fsp3) is 0.381. The van der Waals surface area contributed by atoms with Gasteiger partial charge in [-0.15, -0.1) is 0 Å². The van der Waals surface area contributed by atoms with Gasteiger partial charge in [0.15, 0.2) is 0 Å². The minimum absolute atomic E-state index is 0.117. The van der Waals surface area contributed by atoms with Crippen LogP contribution in [0.25, 0.3) is 0 Å². The Kier molecular flexibility index (Phi) is 9.26. The number of hydrogen-bond acceptors (Lipinski definition) is 6. The van der Waals surface area contributed by atoms with Gasteiger partial charge in [-0.3, -0.25) is 9.80 Å². The van der Waals surface area contributed by atoms with Gasteiger partial charge in [0, 0.05) is 44.4 Å². The predicted molar refractivity (Wildman–Crippen MR) is 202 cm³/mol. The molecule has 5 aromatic rings. The largest absolute Gasteiger partial charge is 0.279 e. The Morgan fingerprint density at radius 1 is 0.333 bits per heavy atom. The first kappa shape index (κ1) is 34.7. The van der Waals surface area contributed by atoms with E-state index in [0.717, 1.165) is 57.4 Å². The summed E-state index contributed by atoms with van der Waals surface area (Å²) in [4.78, 5) is 25.1. The molecule has 0 fully saturated rings. The highest BCUT2D eigenvalue weighted by atomic mass is 15.3. The van der Waals surface area contributed by atoms with Crippen LogP contribution in [0, 0.1) is 0 Å². The third kappa shape index (κ3) is 7.75. The quantitative estimate of drug-likeness (QED) is 0.184. The molecule has 0 unspecified atom stereocenters. The first-order chi connectivity index (χ1) is 22.3. The van der Waals surface area contributed by atoms with Crippen LogP contribution < -0.4 is 9.80 Å². The second-order valence-corrected chi connectivity index (χ2v) is 16.7. The van der Waals surface area contributed by atoms with Gasteiger partial charge in [0.1, 0.15) is 23.3 Å². The summed E-state index contributed by atoms with van der Waals surface area (Å²) in [5, 5.41) is 0. The molecule has 0 aliphatic carbocycles. The molecule has 0 amide bonds. The molecule has 0 atom stereocenters. The Balaban J connectivity index is 1.75. The van der Waals surface area contributed by atoms with Crippen molar-refractivity contribution in [3.05, 3.63) is 120 Å². The van der Waals surface area contributed by atoms with Crippen LogP contribution in [0.15, 0.2) is 97.1 Å². The molecule has 1 aromatic carbocycles. The summed E-state index contributed by atoms with van der Waals surface area (Å²) in [6.45, 7) is 26.3. The van der Waals surface area contributed by atoms with Crippen molar-refractivity contribution >= 4 is 34.6 Å². The van der Waals surface area contributed by atoms with Crippen molar-refractivity contribution in [2.24, 2.45) is 0 Å². The van der Waals surface area contributed by atoms with Crippen molar-refractivity contribution < 1.29 is 0 Å². The Morgan fingerprint density at radius 2 is 0.562 bits per heavy atom. The van der Waals surface area contributed by atoms with E-state index in [-0.39, 0.29) is 21.7 Å². The van der Waals surface area contributed by atoms with Crippen molar-refractivity contribution in [2.75, 3.05) is 9.80 Å². The Labute approximate surface area is 288 Å². The molecule has 6 nitrogen and oxygen atoms in total. The summed E-state index contributed by atoms with van der Waals surface area (Å²) in [5.74, 6) is 3.24. The van der Waals surface area contributed by atoms with Crippen molar-refractivity contribution in [1.82, 2.24) is 19.9 Å². The molecule has 6 heteroatoms. The van der Waals surface area contributed by atoms with Gasteiger partial charge in [0.2, 0.25) is 0 Å². The highest BCUT2D eigenvalue weighted by Crippen LogP contribution is 2.40. The van der Waals surface area contributed by atoms with Gasteiger partial charge in [-0.05, 0) is 66.7 Å². The summed E-state index contributed by atoms with van der Waals surface area (Å²) in [5.41, 5.74) is 5.47. The van der Waals surface area contributed by atoms with Crippen LogP contribution >= 0.6 is 0 Å². The van der Waals surface area contributed by atoms with Gasteiger partial charge in [-0.2, -0.15) is 0 Å². The van der Waals surface area contributed by atoms with Crippen molar-refractivity contribution in [1.29, 1.82) is 0 Å². The Hall–Kier alpha value is -4.58. The average molecular weight is 641 g/mol. The summed E-state index contributed by atoms with van der Waals surface area (Å²) < 4.78 is 0. The first-order valence-corrected chi connectivity index (χ1v) is 16.9. The molecule has 4 heterocycles. The van der Waals surface area contributed by atoms with Crippen LogP contribution in [0.4, 0.5) is 34.6 Å². The molecule has 5 rings (SSSR count). The van der Waals surface area contributed by atoms with Crippen LogP contribution in [0.3, 0.4) is 0 Å². The van der Waals surface area contributed by atoms with Gasteiger partial charge in [-0.1, -0.05) is 113 Å². The summed E-state index contributed by atoms with van der Waals surface area (Å²) in [7, 11) is 0. The van der Waals surface area contributed by atoms with Gasteiger partial charge in [0.05, 0.1) is 11.4 Å². The molecule has 48 heavy (non-hydrogen) atoms. The molecule has 0 bridgehead atoms. The normalized spacial score (nSPS) is 12.6. The third-order valence-electron chi connectivity index (χ3n) is 8.27.